The summed E-state index contributed by atoms with van der Waals surface area (Å²) in [5, 5.41) is 7.72. The van der Waals surface area contributed by atoms with E-state index in [1.54, 1.807) is 25.8 Å². The number of rotatable bonds is 8. The maximum Gasteiger partial charge on any atom is 0.256 e. The van der Waals surface area contributed by atoms with Crippen molar-refractivity contribution in [2.75, 3.05) is 20.8 Å². The first-order valence-electron chi connectivity index (χ1n) is 9.70. The van der Waals surface area contributed by atoms with Gasteiger partial charge in [-0.05, 0) is 49.6 Å². The molecular weight excluding hydrogens is 402 g/mol. The third kappa shape index (κ3) is 4.94. The fourth-order valence-electron chi connectivity index (χ4n) is 3.26. The smallest absolute Gasteiger partial charge is 0.256 e. The van der Waals surface area contributed by atoms with Gasteiger partial charge in [-0.2, -0.15) is 5.10 Å². The zero-order valence-corrected chi connectivity index (χ0v) is 18.4. The highest BCUT2D eigenvalue weighted by molar-refractivity contribution is 6.33. The summed E-state index contributed by atoms with van der Waals surface area (Å²) in [4.78, 5) is 12.8. The largest absolute Gasteiger partial charge is 0.497 e. The van der Waals surface area contributed by atoms with Crippen LogP contribution < -0.4 is 14.8 Å². The standard InChI is InChI=1S/C23H26ClN3O3/c1-15-5-7-17(8-6-15)14-27-22(24)21(16(2)26-27)23(28)25-12-11-18-13-19(29-3)9-10-20(18)30-4/h5-10,13H,11-12,14H2,1-4H3,(H,25,28). The van der Waals surface area contributed by atoms with Crippen LogP contribution >= 0.6 is 11.6 Å². The second kappa shape index (κ2) is 9.67. The molecule has 0 saturated carbocycles. The molecule has 3 aromatic rings. The minimum atomic E-state index is -0.241. The third-order valence-corrected chi connectivity index (χ3v) is 5.30. The number of aromatic nitrogens is 2. The van der Waals surface area contributed by atoms with Gasteiger partial charge >= 0.3 is 0 Å². The highest BCUT2D eigenvalue weighted by Crippen LogP contribution is 2.24. The molecule has 0 unspecified atom stereocenters. The molecule has 0 fully saturated rings. The quantitative estimate of drug-likeness (QED) is 0.585. The molecule has 1 N–H and O–H groups in total. The summed E-state index contributed by atoms with van der Waals surface area (Å²) >= 11 is 6.49. The average molecular weight is 428 g/mol. The number of hydrogen-bond acceptors (Lipinski definition) is 4. The molecule has 158 valence electrons. The molecule has 0 aliphatic heterocycles. The van der Waals surface area contributed by atoms with Gasteiger partial charge in [0.05, 0.1) is 32.0 Å². The van der Waals surface area contributed by atoms with Crippen LogP contribution in [0.5, 0.6) is 11.5 Å². The number of carbonyl (C=O) groups excluding carboxylic acids is 1. The molecule has 0 saturated heterocycles. The summed E-state index contributed by atoms with van der Waals surface area (Å²) in [7, 11) is 3.24. The topological polar surface area (TPSA) is 65.4 Å². The summed E-state index contributed by atoms with van der Waals surface area (Å²) in [6, 6.07) is 13.7. The van der Waals surface area contributed by atoms with Gasteiger partial charge in [0.1, 0.15) is 16.7 Å². The van der Waals surface area contributed by atoms with Crippen LogP contribution in [0.25, 0.3) is 0 Å². The van der Waals surface area contributed by atoms with Gasteiger partial charge in [0.15, 0.2) is 0 Å². The summed E-state index contributed by atoms with van der Waals surface area (Å²) in [6.45, 7) is 4.77. The lowest BCUT2D eigenvalue weighted by Crippen LogP contribution is -2.26. The van der Waals surface area contributed by atoms with Gasteiger partial charge in [-0.15, -0.1) is 0 Å². The number of halogens is 1. The number of nitrogens with one attached hydrogen (secondary N) is 1. The third-order valence-electron chi connectivity index (χ3n) is 4.91. The summed E-state index contributed by atoms with van der Waals surface area (Å²) in [5.41, 5.74) is 4.22. The summed E-state index contributed by atoms with van der Waals surface area (Å²) in [5.74, 6) is 1.26. The second-order valence-electron chi connectivity index (χ2n) is 7.08. The molecule has 7 heteroatoms. The highest BCUT2D eigenvalue weighted by atomic mass is 35.5. The van der Waals surface area contributed by atoms with Crippen LogP contribution in [0.4, 0.5) is 0 Å². The molecule has 0 spiro atoms. The number of nitrogens with zero attached hydrogens (tertiary/aromatic N) is 2. The van der Waals surface area contributed by atoms with Gasteiger partial charge in [0.25, 0.3) is 5.91 Å². The van der Waals surface area contributed by atoms with Crippen molar-refractivity contribution in [1.29, 1.82) is 0 Å². The molecule has 0 atom stereocenters. The molecule has 1 aromatic heterocycles. The lowest BCUT2D eigenvalue weighted by atomic mass is 10.1. The first-order valence-corrected chi connectivity index (χ1v) is 10.1. The van der Waals surface area contributed by atoms with Gasteiger partial charge < -0.3 is 14.8 Å². The predicted molar refractivity (Wildman–Crippen MR) is 118 cm³/mol. The number of benzene rings is 2. The van der Waals surface area contributed by atoms with E-state index in [1.807, 2.05) is 49.4 Å². The van der Waals surface area contributed by atoms with Crippen molar-refractivity contribution >= 4 is 17.5 Å². The molecular formula is C23H26ClN3O3. The van der Waals surface area contributed by atoms with Gasteiger partial charge in [-0.1, -0.05) is 41.4 Å². The van der Waals surface area contributed by atoms with E-state index in [4.69, 9.17) is 21.1 Å². The Morgan fingerprint density at radius 1 is 1.10 bits per heavy atom. The van der Waals surface area contributed by atoms with Gasteiger partial charge in [-0.25, -0.2) is 4.68 Å². The fourth-order valence-corrected chi connectivity index (χ4v) is 3.58. The Labute approximate surface area is 181 Å². The van der Waals surface area contributed by atoms with Crippen LogP contribution in [0.2, 0.25) is 5.15 Å². The first-order chi connectivity index (χ1) is 14.4. The first kappa shape index (κ1) is 21.7. The van der Waals surface area contributed by atoms with E-state index in [9.17, 15) is 4.79 Å². The molecule has 0 aliphatic carbocycles. The normalized spacial score (nSPS) is 10.7. The van der Waals surface area contributed by atoms with Gasteiger partial charge in [0, 0.05) is 6.54 Å². The van der Waals surface area contributed by atoms with Crippen molar-refractivity contribution in [3.05, 3.63) is 75.6 Å². The SMILES string of the molecule is COc1ccc(OC)c(CCNC(=O)c2c(C)nn(Cc3ccc(C)cc3)c2Cl)c1. The Morgan fingerprint density at radius 3 is 2.50 bits per heavy atom. The molecule has 1 amide bonds. The molecule has 1 heterocycles. The number of amides is 1. The van der Waals surface area contributed by atoms with Crippen LogP contribution in [-0.4, -0.2) is 36.5 Å². The zero-order chi connectivity index (χ0) is 21.7. The minimum Gasteiger partial charge on any atom is -0.497 e. The Balaban J connectivity index is 1.67. The maximum atomic E-state index is 12.8. The van der Waals surface area contributed by atoms with Crippen LogP contribution in [0.15, 0.2) is 42.5 Å². The summed E-state index contributed by atoms with van der Waals surface area (Å²) < 4.78 is 12.3. The molecule has 0 bridgehead atoms. The van der Waals surface area contributed by atoms with E-state index in [0.717, 1.165) is 22.6 Å². The fraction of sp³-hybridized carbons (Fsp3) is 0.304. The number of carbonyl (C=O) groups is 1. The van der Waals surface area contributed by atoms with Crippen LogP contribution in [0.1, 0.15) is 32.7 Å². The van der Waals surface area contributed by atoms with Gasteiger partial charge in [-0.3, -0.25) is 4.79 Å². The van der Waals surface area contributed by atoms with Crippen molar-refractivity contribution in [1.82, 2.24) is 15.1 Å². The highest BCUT2D eigenvalue weighted by Gasteiger charge is 2.20. The number of aryl methyl sites for hydroxylation is 2. The Kier molecular flexibility index (Phi) is 7.00. The van der Waals surface area contributed by atoms with E-state index < -0.39 is 0 Å². The van der Waals surface area contributed by atoms with E-state index in [2.05, 4.69) is 10.4 Å². The van der Waals surface area contributed by atoms with Crippen molar-refractivity contribution in [3.63, 3.8) is 0 Å². The minimum absolute atomic E-state index is 0.241. The van der Waals surface area contributed by atoms with E-state index in [0.29, 0.717) is 35.9 Å². The summed E-state index contributed by atoms with van der Waals surface area (Å²) in [6.07, 6.45) is 0.598. The number of ether oxygens (including phenoxy) is 2. The second-order valence-corrected chi connectivity index (χ2v) is 7.44. The number of methoxy groups -OCH3 is 2. The van der Waals surface area contributed by atoms with E-state index in [-0.39, 0.29) is 5.91 Å². The zero-order valence-electron chi connectivity index (χ0n) is 17.7. The molecule has 2 aromatic carbocycles. The molecule has 6 nitrogen and oxygen atoms in total. The average Bonchev–Trinajstić information content (AvgIpc) is 3.02. The van der Waals surface area contributed by atoms with Crippen molar-refractivity contribution in [3.8, 4) is 11.5 Å². The maximum absolute atomic E-state index is 12.8. The van der Waals surface area contributed by atoms with Crippen molar-refractivity contribution in [2.24, 2.45) is 0 Å². The van der Waals surface area contributed by atoms with E-state index >= 15 is 0 Å². The number of hydrogen-bond donors (Lipinski definition) is 1. The van der Waals surface area contributed by atoms with Crippen molar-refractivity contribution < 1.29 is 14.3 Å². The predicted octanol–water partition coefficient (Wildman–Crippen LogP) is 4.19. The Morgan fingerprint density at radius 2 is 1.83 bits per heavy atom. The Bertz CT molecular complexity index is 1030. The van der Waals surface area contributed by atoms with Gasteiger partial charge in [0.2, 0.25) is 0 Å². The van der Waals surface area contributed by atoms with Crippen molar-refractivity contribution in [2.45, 2.75) is 26.8 Å². The lowest BCUT2D eigenvalue weighted by Gasteiger charge is -2.11. The molecule has 3 rings (SSSR count). The molecule has 0 aliphatic rings. The van der Waals surface area contributed by atoms with Crippen LogP contribution in [0, 0.1) is 13.8 Å². The monoisotopic (exact) mass is 427 g/mol. The van der Waals surface area contributed by atoms with E-state index in [1.165, 1.54) is 5.56 Å². The molecule has 30 heavy (non-hydrogen) atoms. The van der Waals surface area contributed by atoms with Crippen LogP contribution in [0.3, 0.4) is 0 Å². The van der Waals surface area contributed by atoms with Crippen LogP contribution in [-0.2, 0) is 13.0 Å². The Hall–Kier alpha value is -2.99. The lowest BCUT2D eigenvalue weighted by molar-refractivity contribution is 0.0953. The molecule has 0 radical (unpaired) electrons.